The van der Waals surface area contributed by atoms with Gasteiger partial charge in [-0.2, -0.15) is 5.26 Å². The van der Waals surface area contributed by atoms with Crippen molar-refractivity contribution in [3.05, 3.63) is 47.0 Å². The van der Waals surface area contributed by atoms with Crippen LogP contribution in [0.15, 0.2) is 33.7 Å². The highest BCUT2D eigenvalue weighted by atomic mass is 32.2. The van der Waals surface area contributed by atoms with E-state index in [9.17, 15) is 13.4 Å². The van der Waals surface area contributed by atoms with E-state index in [-0.39, 0.29) is 17.5 Å². The molecule has 1 aliphatic heterocycles. The molecule has 0 bridgehead atoms. The second-order valence-corrected chi connectivity index (χ2v) is 9.50. The van der Waals surface area contributed by atoms with E-state index in [0.29, 0.717) is 28.3 Å². The summed E-state index contributed by atoms with van der Waals surface area (Å²) in [7, 11) is 0.362. The first-order valence-electron chi connectivity index (χ1n) is 9.32. The van der Waals surface area contributed by atoms with Gasteiger partial charge in [0.25, 0.3) is 5.91 Å². The van der Waals surface area contributed by atoms with Gasteiger partial charge in [0.15, 0.2) is 0 Å². The number of aryl methyl sites for hydroxylation is 1. The van der Waals surface area contributed by atoms with E-state index >= 15 is 0 Å². The van der Waals surface area contributed by atoms with Crippen molar-refractivity contribution < 1.29 is 13.4 Å². The molecule has 0 fully saturated rings. The standard InChI is InChI=1S/C20H24FN5O2S/c1-12(2)17-8-6-15-18(29(28,23-3)25-17)11-26(4)19(15)20(27)24-14-5-7-16(21)13(9-14)10-22/h5,7,9,11-12,17H,6,8H2,1-4H3,(H,24,27)(H,23,25,28). The first kappa shape index (κ1) is 21.0. The number of rotatable bonds is 3. The Bertz CT molecular complexity index is 1120. The van der Waals surface area contributed by atoms with Crippen molar-refractivity contribution in [3.63, 3.8) is 0 Å². The van der Waals surface area contributed by atoms with Crippen LogP contribution < -0.4 is 10.0 Å². The molecule has 0 spiro atoms. The van der Waals surface area contributed by atoms with Gasteiger partial charge in [-0.15, -0.1) is 0 Å². The average molecular weight is 418 g/mol. The lowest BCUT2D eigenvalue weighted by molar-refractivity contribution is 0.101. The van der Waals surface area contributed by atoms with Crippen LogP contribution in [0.1, 0.15) is 41.9 Å². The van der Waals surface area contributed by atoms with Gasteiger partial charge in [0.1, 0.15) is 27.5 Å². The Labute approximate surface area is 170 Å². The van der Waals surface area contributed by atoms with Crippen molar-refractivity contribution in [2.75, 3.05) is 12.4 Å². The minimum Gasteiger partial charge on any atom is -0.345 e. The largest absolute Gasteiger partial charge is 0.345 e. The van der Waals surface area contributed by atoms with Crippen LogP contribution in [0.4, 0.5) is 10.1 Å². The molecule has 29 heavy (non-hydrogen) atoms. The lowest BCUT2D eigenvalue weighted by Gasteiger charge is -2.21. The number of hydrogen-bond donors (Lipinski definition) is 2. The highest BCUT2D eigenvalue weighted by Crippen LogP contribution is 2.30. The van der Waals surface area contributed by atoms with Gasteiger partial charge in [-0.3, -0.25) is 4.79 Å². The number of nitrogens with zero attached hydrogens (tertiary/aromatic N) is 3. The highest BCUT2D eigenvalue weighted by molar-refractivity contribution is 7.91. The summed E-state index contributed by atoms with van der Waals surface area (Å²) in [4.78, 5) is 13.5. The van der Waals surface area contributed by atoms with E-state index in [1.807, 2.05) is 0 Å². The molecule has 1 aromatic heterocycles. The van der Waals surface area contributed by atoms with Crippen LogP contribution >= 0.6 is 0 Å². The van der Waals surface area contributed by atoms with Crippen molar-refractivity contribution in [1.82, 2.24) is 9.29 Å². The van der Waals surface area contributed by atoms with Gasteiger partial charge >= 0.3 is 0 Å². The number of carbonyl (C=O) groups is 1. The Morgan fingerprint density at radius 3 is 2.83 bits per heavy atom. The summed E-state index contributed by atoms with van der Waals surface area (Å²) in [5.74, 6) is -0.797. The van der Waals surface area contributed by atoms with Gasteiger partial charge in [0.05, 0.1) is 10.5 Å². The predicted octanol–water partition coefficient (Wildman–Crippen LogP) is 3.22. The Balaban J connectivity index is 2.02. The van der Waals surface area contributed by atoms with E-state index in [4.69, 9.17) is 5.26 Å². The van der Waals surface area contributed by atoms with Crippen LogP contribution in [-0.2, 0) is 23.4 Å². The molecule has 1 aliphatic rings. The number of aromatic nitrogens is 1. The van der Waals surface area contributed by atoms with Gasteiger partial charge in [-0.05, 0) is 37.0 Å². The molecule has 0 aliphatic carbocycles. The summed E-state index contributed by atoms with van der Waals surface area (Å²) in [5, 5.41) is 11.7. The molecular weight excluding hydrogens is 393 g/mol. The third-order valence-corrected chi connectivity index (χ3v) is 7.27. The first-order valence-corrected chi connectivity index (χ1v) is 10.8. The van der Waals surface area contributed by atoms with E-state index in [2.05, 4.69) is 28.2 Å². The van der Waals surface area contributed by atoms with Crippen LogP contribution in [0.25, 0.3) is 0 Å². The number of nitriles is 1. The summed E-state index contributed by atoms with van der Waals surface area (Å²) in [6, 6.07) is 5.59. The van der Waals surface area contributed by atoms with Gasteiger partial charge < -0.3 is 9.88 Å². The molecule has 2 unspecified atom stereocenters. The van der Waals surface area contributed by atoms with Crippen LogP contribution in [0.2, 0.25) is 0 Å². The van der Waals surface area contributed by atoms with Gasteiger partial charge in [-0.25, -0.2) is 17.7 Å². The number of amides is 1. The molecule has 7 nitrogen and oxygen atoms in total. The zero-order chi connectivity index (χ0) is 21.3. The fourth-order valence-corrected chi connectivity index (χ4v) is 5.62. The summed E-state index contributed by atoms with van der Waals surface area (Å²) in [5.41, 5.74) is 1.24. The number of benzene rings is 1. The van der Waals surface area contributed by atoms with Crippen LogP contribution in [0.3, 0.4) is 0 Å². The van der Waals surface area contributed by atoms with E-state index in [1.165, 1.54) is 19.2 Å². The number of carbonyl (C=O) groups excluding carboxylic acids is 1. The van der Waals surface area contributed by atoms with Gasteiger partial charge in [0.2, 0.25) is 0 Å². The minimum absolute atomic E-state index is 0.00935. The quantitative estimate of drug-likeness (QED) is 0.802. The fourth-order valence-electron chi connectivity index (χ4n) is 3.55. The Kier molecular flexibility index (Phi) is 5.78. The number of hydrogen-bond acceptors (Lipinski definition) is 4. The number of fused-ring (bicyclic) bond motifs is 1. The molecule has 9 heteroatoms. The van der Waals surface area contributed by atoms with Crippen molar-refractivity contribution in [2.24, 2.45) is 17.3 Å². The molecule has 2 heterocycles. The first-order chi connectivity index (χ1) is 13.7. The second kappa shape index (κ2) is 7.97. The maximum atomic E-state index is 13.6. The van der Waals surface area contributed by atoms with Crippen LogP contribution in [-0.4, -0.2) is 27.8 Å². The molecule has 0 saturated heterocycles. The van der Waals surface area contributed by atoms with E-state index in [1.54, 1.807) is 23.9 Å². The molecule has 154 valence electrons. The van der Waals surface area contributed by atoms with Gasteiger partial charge in [0, 0.05) is 37.6 Å². The van der Waals surface area contributed by atoms with Crippen LogP contribution in [0.5, 0.6) is 0 Å². The molecular formula is C20H24FN5O2S. The molecule has 0 radical (unpaired) electrons. The lowest BCUT2D eigenvalue weighted by Crippen LogP contribution is -2.37. The van der Waals surface area contributed by atoms with Crippen molar-refractivity contribution in [3.8, 4) is 6.07 Å². The molecule has 0 saturated carbocycles. The lowest BCUT2D eigenvalue weighted by atomic mass is 9.97. The van der Waals surface area contributed by atoms with Gasteiger partial charge in [-0.1, -0.05) is 13.8 Å². The summed E-state index contributed by atoms with van der Waals surface area (Å²) in [6.45, 7) is 4.11. The van der Waals surface area contributed by atoms with Crippen molar-refractivity contribution in [1.29, 1.82) is 5.26 Å². The molecule has 2 atom stereocenters. The number of anilines is 1. The topological polar surface area (TPSA) is 99.3 Å². The SMILES string of the molecule is CN=S1(=O)NC(C(C)C)CCc2c1cn(C)c2C(=O)Nc1ccc(F)c(C#N)c1. The molecule has 2 aromatic rings. The fraction of sp³-hybridized carbons (Fsp3) is 0.400. The van der Waals surface area contributed by atoms with Crippen LogP contribution in [0, 0.1) is 23.1 Å². The van der Waals surface area contributed by atoms with E-state index in [0.717, 1.165) is 12.5 Å². The Hall–Kier alpha value is -2.70. The monoisotopic (exact) mass is 417 g/mol. The summed E-state index contributed by atoms with van der Waals surface area (Å²) >= 11 is 0. The average Bonchev–Trinajstić information content (AvgIpc) is 2.95. The smallest absolute Gasteiger partial charge is 0.272 e. The summed E-state index contributed by atoms with van der Waals surface area (Å²) < 4.78 is 36.0. The molecule has 1 aromatic carbocycles. The zero-order valence-corrected chi connectivity index (χ0v) is 17.6. The van der Waals surface area contributed by atoms with E-state index < -0.39 is 21.6 Å². The number of halogens is 1. The Morgan fingerprint density at radius 2 is 2.21 bits per heavy atom. The minimum atomic E-state index is -2.86. The zero-order valence-electron chi connectivity index (χ0n) is 16.8. The third-order valence-electron chi connectivity index (χ3n) is 5.18. The second-order valence-electron chi connectivity index (χ2n) is 7.41. The maximum Gasteiger partial charge on any atom is 0.272 e. The molecule has 1 amide bonds. The van der Waals surface area contributed by atoms with Crippen molar-refractivity contribution in [2.45, 2.75) is 37.6 Å². The Morgan fingerprint density at radius 1 is 1.48 bits per heavy atom. The normalized spacial score (nSPS) is 21.2. The molecule has 2 N–H and O–H groups in total. The number of nitrogens with one attached hydrogen (secondary N) is 2. The van der Waals surface area contributed by atoms with Crippen molar-refractivity contribution >= 4 is 21.5 Å². The molecule has 3 rings (SSSR count). The highest BCUT2D eigenvalue weighted by Gasteiger charge is 2.32. The summed E-state index contributed by atoms with van der Waals surface area (Å²) in [6.07, 6.45) is 2.98. The maximum absolute atomic E-state index is 13.6. The predicted molar refractivity (Wildman–Crippen MR) is 109 cm³/mol. The third kappa shape index (κ3) is 3.91.